The first-order valence-corrected chi connectivity index (χ1v) is 11.6. The molecule has 1 atom stereocenters. The van der Waals surface area contributed by atoms with Gasteiger partial charge in [0.05, 0.1) is 12.9 Å². The largest absolute Gasteiger partial charge is 0.502 e. The first-order chi connectivity index (χ1) is 13.2. The summed E-state index contributed by atoms with van der Waals surface area (Å²) in [6.45, 7) is 10.7. The zero-order valence-corrected chi connectivity index (χ0v) is 19.1. The highest BCUT2D eigenvalue weighted by Crippen LogP contribution is 2.34. The van der Waals surface area contributed by atoms with Gasteiger partial charge in [-0.05, 0) is 46.1 Å². The lowest BCUT2D eigenvalue weighted by atomic mass is 9.93. The second kappa shape index (κ2) is 19.1. The molecular weight excluding hydrogens is 360 g/mol. The van der Waals surface area contributed by atoms with E-state index in [9.17, 15) is 0 Å². The second-order valence-corrected chi connectivity index (χ2v) is 7.09. The smallest absolute Gasteiger partial charge is 0.285 e. The lowest BCUT2D eigenvalue weighted by molar-refractivity contribution is -0.403. The molecule has 0 N–H and O–H groups in total. The average Bonchev–Trinajstić information content (AvgIpc) is 2.66. The van der Waals surface area contributed by atoms with Crippen LogP contribution in [0.1, 0.15) is 85.5 Å². The minimum Gasteiger partial charge on any atom is -0.502 e. The van der Waals surface area contributed by atoms with Crippen molar-refractivity contribution in [2.45, 2.75) is 91.5 Å². The van der Waals surface area contributed by atoms with Crippen molar-refractivity contribution in [3.8, 4) is 0 Å². The minimum absolute atomic E-state index is 0.209. The van der Waals surface area contributed by atoms with Gasteiger partial charge in [0.25, 0.3) is 5.97 Å². The molecule has 0 rings (SSSR count). The van der Waals surface area contributed by atoms with Gasteiger partial charge >= 0.3 is 0 Å². The topological polar surface area (TPSA) is 36.9 Å². The highest BCUT2D eigenvalue weighted by atomic mass is 32.1. The molecule has 0 bridgehead atoms. The van der Waals surface area contributed by atoms with E-state index in [0.717, 1.165) is 19.3 Å². The molecular formula is C22H44O4S. The average molecular weight is 405 g/mol. The Bertz CT molecular complexity index is 319. The Morgan fingerprint density at radius 2 is 1.33 bits per heavy atom. The van der Waals surface area contributed by atoms with Crippen molar-refractivity contribution < 1.29 is 18.9 Å². The number of rotatable bonds is 20. The summed E-state index contributed by atoms with van der Waals surface area (Å²) in [6, 6.07) is 0. The monoisotopic (exact) mass is 404 g/mol. The van der Waals surface area contributed by atoms with Gasteiger partial charge in [0.1, 0.15) is 0 Å². The molecule has 0 spiro atoms. The van der Waals surface area contributed by atoms with Crippen LogP contribution in [0, 0.1) is 5.92 Å². The van der Waals surface area contributed by atoms with Gasteiger partial charge in [-0.2, -0.15) is 12.6 Å². The van der Waals surface area contributed by atoms with Crippen LogP contribution in [0.4, 0.5) is 0 Å². The molecule has 0 heterocycles. The molecule has 5 heteroatoms. The Morgan fingerprint density at radius 3 is 1.89 bits per heavy atom. The third kappa shape index (κ3) is 12.8. The van der Waals surface area contributed by atoms with Crippen LogP contribution in [-0.2, 0) is 18.9 Å². The van der Waals surface area contributed by atoms with Crippen molar-refractivity contribution in [2.24, 2.45) is 5.92 Å². The summed E-state index contributed by atoms with van der Waals surface area (Å²) >= 11 is 4.14. The summed E-state index contributed by atoms with van der Waals surface area (Å²) in [7, 11) is 0. The van der Waals surface area contributed by atoms with Crippen LogP contribution in [0.2, 0.25) is 0 Å². The van der Waals surface area contributed by atoms with Gasteiger partial charge in [-0.25, -0.2) is 0 Å². The molecule has 0 fully saturated rings. The summed E-state index contributed by atoms with van der Waals surface area (Å²) < 4.78 is 23.7. The summed E-state index contributed by atoms with van der Waals surface area (Å²) in [6.07, 6.45) is 14.3. The van der Waals surface area contributed by atoms with Crippen molar-refractivity contribution in [1.82, 2.24) is 0 Å². The standard InChI is InChI=1S/C22H44O4S/c1-5-9-10-11-12-13-16-21(17-14-18-23-19-15-20-27)22(24-6-2,25-7-3)26-8-4/h15,19,21,27H,5-14,16-18,20H2,1-4H3. The van der Waals surface area contributed by atoms with Gasteiger partial charge in [0, 0.05) is 31.5 Å². The zero-order chi connectivity index (χ0) is 20.2. The van der Waals surface area contributed by atoms with Crippen LogP contribution in [0.5, 0.6) is 0 Å². The first-order valence-electron chi connectivity index (χ1n) is 11.0. The van der Waals surface area contributed by atoms with E-state index in [1.54, 1.807) is 6.26 Å². The number of hydrogen-bond acceptors (Lipinski definition) is 5. The number of hydrogen-bond donors (Lipinski definition) is 1. The molecule has 0 amide bonds. The number of thiol groups is 1. The van der Waals surface area contributed by atoms with Crippen LogP contribution in [0.15, 0.2) is 12.3 Å². The summed E-state index contributed by atoms with van der Waals surface area (Å²) in [4.78, 5) is 0. The molecule has 0 aromatic rings. The predicted octanol–water partition coefficient (Wildman–Crippen LogP) is 6.36. The summed E-state index contributed by atoms with van der Waals surface area (Å²) in [5.41, 5.74) is 0. The van der Waals surface area contributed by atoms with Crippen LogP contribution in [-0.4, -0.2) is 38.2 Å². The van der Waals surface area contributed by atoms with Crippen LogP contribution in [0.3, 0.4) is 0 Å². The molecule has 27 heavy (non-hydrogen) atoms. The zero-order valence-electron chi connectivity index (χ0n) is 18.2. The lowest BCUT2D eigenvalue weighted by Gasteiger charge is -2.39. The van der Waals surface area contributed by atoms with E-state index in [1.165, 1.54) is 38.5 Å². The third-order valence-electron chi connectivity index (χ3n) is 4.56. The van der Waals surface area contributed by atoms with Gasteiger partial charge in [0.15, 0.2) is 0 Å². The SMILES string of the molecule is CCCCCCCCC(CCCOC=CCS)C(OCC)(OCC)OCC. The fraction of sp³-hybridized carbons (Fsp3) is 0.909. The molecule has 0 aromatic carbocycles. The third-order valence-corrected chi connectivity index (χ3v) is 4.77. The molecule has 0 aromatic heterocycles. The fourth-order valence-corrected chi connectivity index (χ4v) is 3.43. The van der Waals surface area contributed by atoms with E-state index in [4.69, 9.17) is 18.9 Å². The molecule has 0 aliphatic rings. The minimum atomic E-state index is -0.928. The highest BCUT2D eigenvalue weighted by Gasteiger charge is 2.41. The van der Waals surface area contributed by atoms with E-state index in [-0.39, 0.29) is 5.92 Å². The molecule has 0 aliphatic carbocycles. The summed E-state index contributed by atoms with van der Waals surface area (Å²) in [5, 5.41) is 0. The molecule has 4 nitrogen and oxygen atoms in total. The van der Waals surface area contributed by atoms with Gasteiger partial charge in [-0.3, -0.25) is 0 Å². The van der Waals surface area contributed by atoms with Crippen molar-refractivity contribution in [3.05, 3.63) is 12.3 Å². The number of ether oxygens (including phenoxy) is 4. The molecule has 1 unspecified atom stereocenters. The van der Waals surface area contributed by atoms with E-state index in [2.05, 4.69) is 19.6 Å². The predicted molar refractivity (Wildman–Crippen MR) is 117 cm³/mol. The maximum Gasteiger partial charge on any atom is 0.285 e. The lowest BCUT2D eigenvalue weighted by Crippen LogP contribution is -2.47. The second-order valence-electron chi connectivity index (χ2n) is 6.72. The molecule has 0 radical (unpaired) electrons. The fourth-order valence-electron chi connectivity index (χ4n) is 3.34. The van der Waals surface area contributed by atoms with Crippen molar-refractivity contribution >= 4 is 12.6 Å². The van der Waals surface area contributed by atoms with Gasteiger partial charge in [0.2, 0.25) is 0 Å². The maximum atomic E-state index is 6.05. The Labute approximate surface area is 173 Å². The molecule has 0 saturated carbocycles. The van der Waals surface area contributed by atoms with E-state index in [0.29, 0.717) is 32.2 Å². The van der Waals surface area contributed by atoms with Gasteiger partial charge in [-0.1, -0.05) is 45.4 Å². The molecule has 0 saturated heterocycles. The van der Waals surface area contributed by atoms with E-state index >= 15 is 0 Å². The van der Waals surface area contributed by atoms with Crippen LogP contribution in [0.25, 0.3) is 0 Å². The van der Waals surface area contributed by atoms with Crippen molar-refractivity contribution in [1.29, 1.82) is 0 Å². The van der Waals surface area contributed by atoms with Crippen LogP contribution >= 0.6 is 12.6 Å². The quantitative estimate of drug-likeness (QED) is 0.111. The Balaban J connectivity index is 4.78. The Morgan fingerprint density at radius 1 is 0.778 bits per heavy atom. The van der Waals surface area contributed by atoms with Crippen LogP contribution < -0.4 is 0 Å². The highest BCUT2D eigenvalue weighted by molar-refractivity contribution is 7.80. The molecule has 0 aliphatic heterocycles. The summed E-state index contributed by atoms with van der Waals surface area (Å²) in [5.74, 6) is -0.0215. The van der Waals surface area contributed by atoms with E-state index < -0.39 is 5.97 Å². The number of unbranched alkanes of at least 4 members (excludes halogenated alkanes) is 5. The first kappa shape index (κ1) is 26.8. The Kier molecular flexibility index (Phi) is 18.9. The normalized spacial score (nSPS) is 13.4. The van der Waals surface area contributed by atoms with E-state index in [1.807, 2.05) is 26.8 Å². The van der Waals surface area contributed by atoms with Crippen molar-refractivity contribution in [2.75, 3.05) is 32.2 Å². The van der Waals surface area contributed by atoms with Crippen molar-refractivity contribution in [3.63, 3.8) is 0 Å². The maximum absolute atomic E-state index is 6.05. The molecule has 162 valence electrons. The van der Waals surface area contributed by atoms with Gasteiger partial charge in [-0.15, -0.1) is 0 Å². The Hall–Kier alpha value is -0.230. The van der Waals surface area contributed by atoms with Gasteiger partial charge < -0.3 is 18.9 Å².